The molecule has 4 rings (SSSR count). The number of hydrogen-bond acceptors (Lipinski definition) is 5. The molecule has 1 aromatic heterocycles. The molecule has 0 radical (unpaired) electrons. The molecular formula is C25H32FN5. The molecule has 2 N–H and O–H groups in total. The van der Waals surface area contributed by atoms with E-state index < -0.39 is 0 Å². The number of aromatic nitrogens is 2. The lowest BCUT2D eigenvalue weighted by Crippen LogP contribution is -2.32. The van der Waals surface area contributed by atoms with E-state index in [1.54, 1.807) is 12.1 Å². The molecule has 0 atom stereocenters. The number of anilines is 2. The molecule has 0 spiro atoms. The first-order valence-electron chi connectivity index (χ1n) is 11.2. The molecule has 1 aliphatic rings. The van der Waals surface area contributed by atoms with Gasteiger partial charge >= 0.3 is 0 Å². The second kappa shape index (κ2) is 10.1. The van der Waals surface area contributed by atoms with Crippen LogP contribution >= 0.6 is 0 Å². The Hall–Kier alpha value is -2.73. The highest BCUT2D eigenvalue weighted by atomic mass is 19.1. The van der Waals surface area contributed by atoms with Crippen molar-refractivity contribution in [1.29, 1.82) is 0 Å². The maximum atomic E-state index is 13.3. The molecule has 0 unspecified atom stereocenters. The van der Waals surface area contributed by atoms with Crippen molar-refractivity contribution in [2.24, 2.45) is 5.92 Å². The van der Waals surface area contributed by atoms with Crippen molar-refractivity contribution in [2.45, 2.75) is 38.1 Å². The number of hydrogen-bond donors (Lipinski definition) is 2. The number of benzene rings is 2. The molecule has 6 heteroatoms. The van der Waals surface area contributed by atoms with Crippen LogP contribution < -0.4 is 15.5 Å². The summed E-state index contributed by atoms with van der Waals surface area (Å²) in [6.45, 7) is 1.92. The van der Waals surface area contributed by atoms with Crippen molar-refractivity contribution in [2.75, 3.05) is 37.4 Å². The highest BCUT2D eigenvalue weighted by Gasteiger charge is 2.22. The zero-order chi connectivity index (χ0) is 21.6. The average molecular weight is 422 g/mol. The van der Waals surface area contributed by atoms with Crippen LogP contribution in [0.5, 0.6) is 0 Å². The van der Waals surface area contributed by atoms with Gasteiger partial charge in [-0.15, -0.1) is 0 Å². The standard InChI is InChI=1S/C25H32FN5/c1-31(2)24-22-8-3-4-9-23(22)29-25(30-24)28-21-12-10-19(11-13-21)17-27-15-14-18-6-5-7-20(26)16-18/h3-9,16,19,21,27H,10-15,17H2,1-2H3,(H,28,29,30). The Bertz CT molecular complexity index is 998. The van der Waals surface area contributed by atoms with E-state index in [9.17, 15) is 4.39 Å². The van der Waals surface area contributed by atoms with E-state index >= 15 is 0 Å². The monoisotopic (exact) mass is 421 g/mol. The van der Waals surface area contributed by atoms with Gasteiger partial charge in [-0.1, -0.05) is 24.3 Å². The molecule has 1 aliphatic carbocycles. The first kappa shape index (κ1) is 21.5. The SMILES string of the molecule is CN(C)c1nc(NC2CCC(CNCCc3cccc(F)c3)CC2)nc2ccccc12. The van der Waals surface area contributed by atoms with Crippen molar-refractivity contribution in [1.82, 2.24) is 15.3 Å². The number of para-hydroxylation sites is 1. The van der Waals surface area contributed by atoms with Crippen LogP contribution in [-0.2, 0) is 6.42 Å². The summed E-state index contributed by atoms with van der Waals surface area (Å²) in [4.78, 5) is 11.6. The molecule has 0 bridgehead atoms. The smallest absolute Gasteiger partial charge is 0.225 e. The molecule has 1 heterocycles. The zero-order valence-electron chi connectivity index (χ0n) is 18.4. The number of halogens is 1. The third-order valence-corrected chi connectivity index (χ3v) is 6.10. The molecule has 1 saturated carbocycles. The van der Waals surface area contributed by atoms with Crippen molar-refractivity contribution in [3.8, 4) is 0 Å². The van der Waals surface area contributed by atoms with Crippen LogP contribution in [0.4, 0.5) is 16.2 Å². The van der Waals surface area contributed by atoms with Gasteiger partial charge in [-0.25, -0.2) is 9.37 Å². The van der Waals surface area contributed by atoms with Crippen LogP contribution in [0.3, 0.4) is 0 Å². The summed E-state index contributed by atoms with van der Waals surface area (Å²) in [5.74, 6) is 2.21. The van der Waals surface area contributed by atoms with Gasteiger partial charge in [-0.2, -0.15) is 4.98 Å². The Kier molecular flexibility index (Phi) is 6.97. The molecule has 1 fully saturated rings. The number of nitrogens with one attached hydrogen (secondary N) is 2. The van der Waals surface area contributed by atoms with Gasteiger partial charge < -0.3 is 15.5 Å². The summed E-state index contributed by atoms with van der Waals surface area (Å²) in [6, 6.07) is 15.5. The number of rotatable bonds is 8. The predicted octanol–water partition coefficient (Wildman–Crippen LogP) is 4.64. The molecule has 0 aliphatic heterocycles. The van der Waals surface area contributed by atoms with Gasteiger partial charge in [0.15, 0.2) is 0 Å². The van der Waals surface area contributed by atoms with E-state index in [2.05, 4.69) is 16.7 Å². The molecule has 3 aromatic rings. The van der Waals surface area contributed by atoms with Crippen LogP contribution in [0.1, 0.15) is 31.2 Å². The van der Waals surface area contributed by atoms with Gasteiger partial charge in [-0.05, 0) is 80.9 Å². The van der Waals surface area contributed by atoms with Gasteiger partial charge in [0.05, 0.1) is 5.52 Å². The van der Waals surface area contributed by atoms with E-state index in [1.165, 1.54) is 18.9 Å². The molecule has 31 heavy (non-hydrogen) atoms. The summed E-state index contributed by atoms with van der Waals surface area (Å²) in [5.41, 5.74) is 2.02. The van der Waals surface area contributed by atoms with Crippen LogP contribution in [0.15, 0.2) is 48.5 Å². The summed E-state index contributed by atoms with van der Waals surface area (Å²) in [5, 5.41) is 8.21. The first-order chi connectivity index (χ1) is 15.1. The van der Waals surface area contributed by atoms with E-state index in [-0.39, 0.29) is 5.82 Å². The van der Waals surface area contributed by atoms with Crippen LogP contribution in [-0.4, -0.2) is 43.2 Å². The number of fused-ring (bicyclic) bond motifs is 1. The molecular weight excluding hydrogens is 389 g/mol. The van der Waals surface area contributed by atoms with Crippen LogP contribution in [0.25, 0.3) is 10.9 Å². The Morgan fingerprint density at radius 3 is 2.58 bits per heavy atom. The molecule has 164 valence electrons. The Labute approximate surface area is 184 Å². The summed E-state index contributed by atoms with van der Waals surface area (Å²) in [6.07, 6.45) is 5.51. The van der Waals surface area contributed by atoms with Crippen molar-refractivity contribution < 1.29 is 4.39 Å². The van der Waals surface area contributed by atoms with E-state index in [4.69, 9.17) is 9.97 Å². The maximum absolute atomic E-state index is 13.3. The minimum absolute atomic E-state index is 0.156. The van der Waals surface area contributed by atoms with Crippen molar-refractivity contribution in [3.63, 3.8) is 0 Å². The second-order valence-electron chi connectivity index (χ2n) is 8.73. The van der Waals surface area contributed by atoms with Gasteiger partial charge in [-0.3, -0.25) is 0 Å². The lowest BCUT2D eigenvalue weighted by molar-refractivity contribution is 0.325. The second-order valence-corrected chi connectivity index (χ2v) is 8.73. The first-order valence-corrected chi connectivity index (χ1v) is 11.2. The Morgan fingerprint density at radius 1 is 1.00 bits per heavy atom. The third kappa shape index (κ3) is 5.70. The predicted molar refractivity (Wildman–Crippen MR) is 126 cm³/mol. The van der Waals surface area contributed by atoms with Crippen LogP contribution in [0, 0.1) is 11.7 Å². The fourth-order valence-electron chi connectivity index (χ4n) is 4.39. The zero-order valence-corrected chi connectivity index (χ0v) is 18.4. The lowest BCUT2D eigenvalue weighted by Gasteiger charge is -2.29. The van der Waals surface area contributed by atoms with Crippen LogP contribution in [0.2, 0.25) is 0 Å². The van der Waals surface area contributed by atoms with Crippen molar-refractivity contribution in [3.05, 3.63) is 59.9 Å². The van der Waals surface area contributed by atoms with E-state index in [0.717, 1.165) is 60.6 Å². The van der Waals surface area contributed by atoms with E-state index in [0.29, 0.717) is 12.0 Å². The maximum Gasteiger partial charge on any atom is 0.225 e. The lowest BCUT2D eigenvalue weighted by atomic mass is 9.86. The van der Waals surface area contributed by atoms with Gasteiger partial charge in [0.25, 0.3) is 0 Å². The number of nitrogens with zero attached hydrogens (tertiary/aromatic N) is 3. The fraction of sp³-hybridized carbons (Fsp3) is 0.440. The summed E-state index contributed by atoms with van der Waals surface area (Å²) >= 11 is 0. The van der Waals surface area contributed by atoms with Gasteiger partial charge in [0.1, 0.15) is 11.6 Å². The molecule has 2 aromatic carbocycles. The largest absolute Gasteiger partial charge is 0.362 e. The normalized spacial score (nSPS) is 18.8. The summed E-state index contributed by atoms with van der Waals surface area (Å²) in [7, 11) is 4.04. The molecule has 5 nitrogen and oxygen atoms in total. The topological polar surface area (TPSA) is 53.1 Å². The molecule has 0 amide bonds. The quantitative estimate of drug-likeness (QED) is 0.519. The van der Waals surface area contributed by atoms with E-state index in [1.807, 2.05) is 43.3 Å². The minimum atomic E-state index is -0.156. The highest BCUT2D eigenvalue weighted by molar-refractivity contribution is 5.90. The average Bonchev–Trinajstić information content (AvgIpc) is 2.77. The summed E-state index contributed by atoms with van der Waals surface area (Å²) < 4.78 is 13.3. The minimum Gasteiger partial charge on any atom is -0.362 e. The highest BCUT2D eigenvalue weighted by Crippen LogP contribution is 2.28. The molecule has 0 saturated heterocycles. The van der Waals surface area contributed by atoms with Crippen molar-refractivity contribution >= 4 is 22.7 Å². The third-order valence-electron chi connectivity index (χ3n) is 6.10. The van der Waals surface area contributed by atoms with Gasteiger partial charge in [0, 0.05) is 25.5 Å². The fourth-order valence-corrected chi connectivity index (χ4v) is 4.39. The Balaban J connectivity index is 1.25. The van der Waals surface area contributed by atoms with Gasteiger partial charge in [0.2, 0.25) is 5.95 Å². The Morgan fingerprint density at radius 2 is 1.81 bits per heavy atom.